The summed E-state index contributed by atoms with van der Waals surface area (Å²) in [6.45, 7) is 7.84. The molecule has 2 rings (SSSR count). The van der Waals surface area contributed by atoms with E-state index in [1.165, 1.54) is 12.1 Å². The predicted octanol–water partition coefficient (Wildman–Crippen LogP) is 3.65. The SMILES string of the molecule is CCOC(=O)c1c(C)[nH]c(C(=O)[C@@H](C)N(C)Cc2ccc(F)cc2)c1C. The molecule has 0 fully saturated rings. The van der Waals surface area contributed by atoms with Gasteiger partial charge in [-0.1, -0.05) is 12.1 Å². The summed E-state index contributed by atoms with van der Waals surface area (Å²) in [5.41, 5.74) is 2.98. The maximum absolute atomic E-state index is 13.0. The van der Waals surface area contributed by atoms with E-state index in [0.29, 0.717) is 29.1 Å². The third-order valence-electron chi connectivity index (χ3n) is 4.55. The molecule has 0 aliphatic rings. The summed E-state index contributed by atoms with van der Waals surface area (Å²) in [6, 6.07) is 5.80. The molecule has 1 aromatic carbocycles. The van der Waals surface area contributed by atoms with Crippen LogP contribution in [0.2, 0.25) is 0 Å². The number of likely N-dealkylation sites (N-methyl/N-ethyl adjacent to an activating group) is 1. The quantitative estimate of drug-likeness (QED) is 0.605. The maximum atomic E-state index is 13.0. The molecule has 1 N–H and O–H groups in total. The summed E-state index contributed by atoms with van der Waals surface area (Å²) in [5.74, 6) is -0.819. The van der Waals surface area contributed by atoms with Gasteiger partial charge in [-0.25, -0.2) is 9.18 Å². The molecule has 140 valence electrons. The van der Waals surface area contributed by atoms with Crippen molar-refractivity contribution in [3.05, 3.63) is 58.2 Å². The van der Waals surface area contributed by atoms with Crippen LogP contribution in [0, 0.1) is 19.7 Å². The number of carbonyl (C=O) groups excluding carboxylic acids is 2. The number of Topliss-reactive ketones (excluding diaryl/α,β-unsaturated/α-hetero) is 1. The number of hydrogen-bond donors (Lipinski definition) is 1. The van der Waals surface area contributed by atoms with Crippen LogP contribution < -0.4 is 0 Å². The lowest BCUT2D eigenvalue weighted by Gasteiger charge is -2.23. The van der Waals surface area contributed by atoms with E-state index in [9.17, 15) is 14.0 Å². The highest BCUT2D eigenvalue weighted by atomic mass is 19.1. The Bertz CT molecular complexity index is 796. The Morgan fingerprint density at radius 3 is 2.42 bits per heavy atom. The fourth-order valence-corrected chi connectivity index (χ4v) is 2.93. The average Bonchev–Trinajstić information content (AvgIpc) is 2.90. The summed E-state index contributed by atoms with van der Waals surface area (Å²) in [5, 5.41) is 0. The van der Waals surface area contributed by atoms with Crippen molar-refractivity contribution in [3.8, 4) is 0 Å². The van der Waals surface area contributed by atoms with Gasteiger partial charge in [-0.2, -0.15) is 0 Å². The van der Waals surface area contributed by atoms with Crippen molar-refractivity contribution in [1.29, 1.82) is 0 Å². The smallest absolute Gasteiger partial charge is 0.340 e. The van der Waals surface area contributed by atoms with Crippen molar-refractivity contribution < 1.29 is 18.7 Å². The van der Waals surface area contributed by atoms with Crippen LogP contribution in [-0.4, -0.2) is 41.3 Å². The van der Waals surface area contributed by atoms with Crippen LogP contribution in [0.3, 0.4) is 0 Å². The number of esters is 1. The fourth-order valence-electron chi connectivity index (χ4n) is 2.93. The van der Waals surface area contributed by atoms with Gasteiger partial charge >= 0.3 is 5.97 Å². The lowest BCUT2D eigenvalue weighted by Crippen LogP contribution is -2.36. The molecular formula is C20H25FN2O3. The number of rotatable bonds is 7. The van der Waals surface area contributed by atoms with Gasteiger partial charge in [0, 0.05) is 12.2 Å². The van der Waals surface area contributed by atoms with Crippen LogP contribution in [-0.2, 0) is 11.3 Å². The van der Waals surface area contributed by atoms with Gasteiger partial charge in [-0.3, -0.25) is 9.69 Å². The molecule has 0 unspecified atom stereocenters. The molecule has 1 heterocycles. The molecule has 0 radical (unpaired) electrons. The van der Waals surface area contributed by atoms with Gasteiger partial charge in [0.1, 0.15) is 5.82 Å². The number of nitrogens with zero attached hydrogens (tertiary/aromatic N) is 1. The molecule has 5 nitrogen and oxygen atoms in total. The molecule has 0 aliphatic carbocycles. The second-order valence-electron chi connectivity index (χ2n) is 6.43. The molecule has 2 aromatic rings. The van der Waals surface area contributed by atoms with Crippen LogP contribution in [0.25, 0.3) is 0 Å². The zero-order chi connectivity index (χ0) is 19.4. The third kappa shape index (κ3) is 4.19. The number of H-pyrrole nitrogens is 1. The topological polar surface area (TPSA) is 62.4 Å². The standard InChI is InChI=1S/C20H25FN2O3/c1-6-26-20(25)17-12(2)18(22-13(17)3)19(24)14(4)23(5)11-15-7-9-16(21)10-8-15/h7-10,14,22H,6,11H2,1-5H3/t14-/m1/s1. The molecule has 0 amide bonds. The normalized spacial score (nSPS) is 12.3. The molecule has 6 heteroatoms. The average molecular weight is 360 g/mol. The van der Waals surface area contributed by atoms with Gasteiger partial charge in [0.15, 0.2) is 5.78 Å². The monoisotopic (exact) mass is 360 g/mol. The zero-order valence-electron chi connectivity index (χ0n) is 15.9. The zero-order valence-corrected chi connectivity index (χ0v) is 15.9. The summed E-state index contributed by atoms with van der Waals surface area (Å²) in [6.07, 6.45) is 0. The first-order valence-electron chi connectivity index (χ1n) is 8.61. The number of aryl methyl sites for hydroxylation is 1. The maximum Gasteiger partial charge on any atom is 0.340 e. The van der Waals surface area contributed by atoms with Crippen molar-refractivity contribution in [2.24, 2.45) is 0 Å². The van der Waals surface area contributed by atoms with Gasteiger partial charge in [-0.05, 0) is 58.0 Å². The Morgan fingerprint density at radius 2 is 1.85 bits per heavy atom. The largest absolute Gasteiger partial charge is 0.462 e. The molecule has 0 saturated carbocycles. The summed E-state index contributed by atoms with van der Waals surface area (Å²) < 4.78 is 18.1. The van der Waals surface area contributed by atoms with Crippen LogP contribution in [0.5, 0.6) is 0 Å². The van der Waals surface area contributed by atoms with Gasteiger partial charge in [0.2, 0.25) is 0 Å². The van der Waals surface area contributed by atoms with E-state index in [4.69, 9.17) is 4.74 Å². The number of hydrogen-bond acceptors (Lipinski definition) is 4. The van der Waals surface area contributed by atoms with E-state index >= 15 is 0 Å². The number of carbonyl (C=O) groups is 2. The van der Waals surface area contributed by atoms with Gasteiger partial charge in [-0.15, -0.1) is 0 Å². The minimum absolute atomic E-state index is 0.106. The van der Waals surface area contributed by atoms with Crippen molar-refractivity contribution in [3.63, 3.8) is 0 Å². The van der Waals surface area contributed by atoms with Gasteiger partial charge in [0.05, 0.1) is 23.9 Å². The molecule has 26 heavy (non-hydrogen) atoms. The summed E-state index contributed by atoms with van der Waals surface area (Å²) in [7, 11) is 1.84. The first-order chi connectivity index (χ1) is 12.3. The number of ketones is 1. The van der Waals surface area contributed by atoms with E-state index in [1.54, 1.807) is 32.9 Å². The number of halogens is 1. The van der Waals surface area contributed by atoms with Crippen molar-refractivity contribution in [2.75, 3.05) is 13.7 Å². The van der Waals surface area contributed by atoms with E-state index < -0.39 is 12.0 Å². The van der Waals surface area contributed by atoms with Crippen molar-refractivity contribution in [2.45, 2.75) is 40.3 Å². The minimum atomic E-state index is -0.426. The second kappa shape index (κ2) is 8.27. The lowest BCUT2D eigenvalue weighted by molar-refractivity contribution is 0.0525. The molecule has 0 bridgehead atoms. The number of nitrogens with one attached hydrogen (secondary N) is 1. The first-order valence-corrected chi connectivity index (χ1v) is 8.61. The molecule has 1 aromatic heterocycles. The predicted molar refractivity (Wildman–Crippen MR) is 97.9 cm³/mol. The summed E-state index contributed by atoms with van der Waals surface area (Å²) in [4.78, 5) is 29.9. The molecule has 1 atom stereocenters. The van der Waals surface area contributed by atoms with Crippen LogP contribution >= 0.6 is 0 Å². The van der Waals surface area contributed by atoms with E-state index in [2.05, 4.69) is 4.98 Å². The van der Waals surface area contributed by atoms with E-state index in [1.807, 2.05) is 18.9 Å². The third-order valence-corrected chi connectivity index (χ3v) is 4.55. The lowest BCUT2D eigenvalue weighted by atomic mass is 10.0. The van der Waals surface area contributed by atoms with Gasteiger partial charge in [0.25, 0.3) is 0 Å². The van der Waals surface area contributed by atoms with Crippen molar-refractivity contribution >= 4 is 11.8 Å². The number of ether oxygens (including phenoxy) is 1. The minimum Gasteiger partial charge on any atom is -0.462 e. The van der Waals surface area contributed by atoms with Crippen LogP contribution in [0.4, 0.5) is 4.39 Å². The van der Waals surface area contributed by atoms with Gasteiger partial charge < -0.3 is 9.72 Å². The Morgan fingerprint density at radius 1 is 1.23 bits per heavy atom. The highest BCUT2D eigenvalue weighted by Gasteiger charge is 2.27. The Labute approximate surface area is 153 Å². The van der Waals surface area contributed by atoms with E-state index in [0.717, 1.165) is 5.56 Å². The summed E-state index contributed by atoms with van der Waals surface area (Å²) >= 11 is 0. The van der Waals surface area contributed by atoms with E-state index in [-0.39, 0.29) is 18.2 Å². The molecule has 0 spiro atoms. The van der Waals surface area contributed by atoms with Crippen LogP contribution in [0.15, 0.2) is 24.3 Å². The highest BCUT2D eigenvalue weighted by Crippen LogP contribution is 2.21. The molecule has 0 saturated heterocycles. The number of benzene rings is 1. The van der Waals surface area contributed by atoms with Crippen LogP contribution in [0.1, 0.15) is 51.5 Å². The number of aromatic nitrogens is 1. The Hall–Kier alpha value is -2.47. The Balaban J connectivity index is 2.18. The number of aromatic amines is 1. The first kappa shape index (κ1) is 19.8. The highest BCUT2D eigenvalue weighted by molar-refractivity contribution is 6.03. The molecular weight excluding hydrogens is 335 g/mol. The second-order valence-corrected chi connectivity index (χ2v) is 6.43. The molecule has 0 aliphatic heterocycles. The fraction of sp³-hybridized carbons (Fsp3) is 0.400. The Kier molecular flexibility index (Phi) is 6.32. The van der Waals surface area contributed by atoms with Crippen molar-refractivity contribution in [1.82, 2.24) is 9.88 Å².